The monoisotopic (exact) mass is 529 g/mol. The lowest BCUT2D eigenvalue weighted by atomic mass is 10.2. The molecule has 1 N–H and O–H groups in total. The largest absolute Gasteiger partial charge is 0.495 e. The summed E-state index contributed by atoms with van der Waals surface area (Å²) in [5, 5.41) is 0.181. The summed E-state index contributed by atoms with van der Waals surface area (Å²) in [6.07, 6.45) is 1.65. The van der Waals surface area contributed by atoms with Gasteiger partial charge in [0.25, 0.3) is 0 Å². The maximum atomic E-state index is 13.0. The van der Waals surface area contributed by atoms with Crippen molar-refractivity contribution in [3.63, 3.8) is 0 Å². The van der Waals surface area contributed by atoms with Crippen molar-refractivity contribution in [1.82, 2.24) is 9.03 Å². The molecule has 2 aromatic carbocycles. The molecule has 1 atom stereocenters. The lowest BCUT2D eigenvalue weighted by molar-refractivity contribution is 0.114. The van der Waals surface area contributed by atoms with E-state index in [4.69, 9.17) is 21.1 Å². The summed E-state index contributed by atoms with van der Waals surface area (Å²) in [7, 11) is -5.96. The molecule has 2 aliphatic heterocycles. The fraction of sp³-hybridized carbons (Fsp3) is 0.455. The second-order valence-corrected chi connectivity index (χ2v) is 12.2. The van der Waals surface area contributed by atoms with Gasteiger partial charge in [0.2, 0.25) is 20.0 Å². The number of halogens is 1. The Morgan fingerprint density at radius 3 is 2.47 bits per heavy atom. The van der Waals surface area contributed by atoms with E-state index in [1.165, 1.54) is 23.5 Å². The zero-order chi connectivity index (χ0) is 24.3. The van der Waals surface area contributed by atoms with E-state index in [2.05, 4.69) is 4.72 Å². The van der Waals surface area contributed by atoms with Gasteiger partial charge in [-0.25, -0.2) is 21.6 Å². The highest BCUT2D eigenvalue weighted by Crippen LogP contribution is 2.33. The standard InChI is InChI=1S/C22H28ClN3O6S2/c1-31-21-9-8-18(33(27,28)24-16-17-5-4-14-32-17)15-20(21)25-10-12-26(13-11-25)34(29,30)22-7-3-2-6-19(22)23/h2-3,6-9,15,17,24H,4-5,10-14,16H2,1H3/t17-/m0/s1. The number of sulfonamides is 2. The van der Waals surface area contributed by atoms with E-state index in [9.17, 15) is 16.8 Å². The third-order valence-corrected chi connectivity index (χ3v) is 9.84. The van der Waals surface area contributed by atoms with Crippen LogP contribution in [0.15, 0.2) is 52.3 Å². The molecule has 0 spiro atoms. The molecule has 0 saturated carbocycles. The van der Waals surface area contributed by atoms with Crippen LogP contribution < -0.4 is 14.4 Å². The van der Waals surface area contributed by atoms with E-state index in [0.29, 0.717) is 31.1 Å². The first-order valence-electron chi connectivity index (χ1n) is 11.0. The third kappa shape index (κ3) is 5.34. The highest BCUT2D eigenvalue weighted by Gasteiger charge is 2.31. The number of piperazine rings is 1. The number of anilines is 1. The molecule has 2 aromatic rings. The predicted molar refractivity (Wildman–Crippen MR) is 130 cm³/mol. The van der Waals surface area contributed by atoms with Gasteiger partial charge >= 0.3 is 0 Å². The summed E-state index contributed by atoms with van der Waals surface area (Å²) >= 11 is 6.12. The summed E-state index contributed by atoms with van der Waals surface area (Å²) in [5.41, 5.74) is 0.595. The highest BCUT2D eigenvalue weighted by molar-refractivity contribution is 7.89. The van der Waals surface area contributed by atoms with Crippen molar-refractivity contribution in [2.24, 2.45) is 0 Å². The van der Waals surface area contributed by atoms with Gasteiger partial charge in [-0.2, -0.15) is 4.31 Å². The average Bonchev–Trinajstić information content (AvgIpc) is 3.36. The molecule has 2 fully saturated rings. The fourth-order valence-corrected chi connectivity index (χ4v) is 7.14. The van der Waals surface area contributed by atoms with Crippen molar-refractivity contribution in [2.45, 2.75) is 28.7 Å². The van der Waals surface area contributed by atoms with Crippen LogP contribution in [0.25, 0.3) is 0 Å². The van der Waals surface area contributed by atoms with Crippen LogP contribution in [0.1, 0.15) is 12.8 Å². The first-order valence-corrected chi connectivity index (χ1v) is 14.3. The summed E-state index contributed by atoms with van der Waals surface area (Å²) in [6.45, 7) is 2.06. The van der Waals surface area contributed by atoms with E-state index in [0.717, 1.165) is 12.8 Å². The first kappa shape index (κ1) is 25.2. The molecule has 0 aromatic heterocycles. The zero-order valence-corrected chi connectivity index (χ0v) is 21.2. The second kappa shape index (κ2) is 10.4. The van der Waals surface area contributed by atoms with E-state index in [-0.39, 0.29) is 40.6 Å². The zero-order valence-electron chi connectivity index (χ0n) is 18.8. The maximum Gasteiger partial charge on any atom is 0.244 e. The van der Waals surface area contributed by atoms with Gasteiger partial charge in [0.15, 0.2) is 0 Å². The molecule has 0 radical (unpaired) electrons. The van der Waals surface area contributed by atoms with Crippen molar-refractivity contribution in [2.75, 3.05) is 51.3 Å². The molecule has 2 aliphatic rings. The Balaban J connectivity index is 1.49. The minimum Gasteiger partial charge on any atom is -0.495 e. The highest BCUT2D eigenvalue weighted by atomic mass is 35.5. The smallest absolute Gasteiger partial charge is 0.244 e. The first-order chi connectivity index (χ1) is 16.2. The van der Waals surface area contributed by atoms with Crippen molar-refractivity contribution < 1.29 is 26.3 Å². The molecule has 12 heteroatoms. The van der Waals surface area contributed by atoms with E-state index in [1.54, 1.807) is 30.3 Å². The van der Waals surface area contributed by atoms with Gasteiger partial charge in [-0.15, -0.1) is 0 Å². The molecule has 34 heavy (non-hydrogen) atoms. The lowest BCUT2D eigenvalue weighted by Gasteiger charge is -2.36. The Kier molecular flexibility index (Phi) is 7.70. The van der Waals surface area contributed by atoms with E-state index in [1.807, 2.05) is 4.90 Å². The Morgan fingerprint density at radius 1 is 1.09 bits per heavy atom. The van der Waals surface area contributed by atoms with Crippen LogP contribution in [0, 0.1) is 0 Å². The van der Waals surface area contributed by atoms with Crippen molar-refractivity contribution in [3.05, 3.63) is 47.5 Å². The number of nitrogens with zero attached hydrogens (tertiary/aromatic N) is 2. The Morgan fingerprint density at radius 2 is 1.82 bits per heavy atom. The number of methoxy groups -OCH3 is 1. The van der Waals surface area contributed by atoms with Gasteiger partial charge in [-0.1, -0.05) is 23.7 Å². The fourth-order valence-electron chi connectivity index (χ4n) is 4.14. The molecule has 0 aliphatic carbocycles. The van der Waals surface area contributed by atoms with Crippen molar-refractivity contribution in [1.29, 1.82) is 0 Å². The minimum absolute atomic E-state index is 0.0769. The number of hydrogen-bond acceptors (Lipinski definition) is 7. The van der Waals surface area contributed by atoms with Crippen LogP contribution in [-0.2, 0) is 24.8 Å². The lowest BCUT2D eigenvalue weighted by Crippen LogP contribution is -2.48. The Hall–Kier alpha value is -1.89. The van der Waals surface area contributed by atoms with Crippen LogP contribution >= 0.6 is 11.6 Å². The molecular weight excluding hydrogens is 502 g/mol. The van der Waals surface area contributed by atoms with Crippen LogP contribution in [0.3, 0.4) is 0 Å². The van der Waals surface area contributed by atoms with Crippen LogP contribution in [-0.4, -0.2) is 73.7 Å². The molecular formula is C22H28ClN3O6S2. The molecule has 9 nitrogen and oxygen atoms in total. The summed E-state index contributed by atoms with van der Waals surface area (Å²) in [6, 6.07) is 11.0. The van der Waals surface area contributed by atoms with Gasteiger partial charge in [0.05, 0.1) is 28.8 Å². The summed E-state index contributed by atoms with van der Waals surface area (Å²) in [4.78, 5) is 2.12. The van der Waals surface area contributed by atoms with Gasteiger partial charge in [-0.3, -0.25) is 0 Å². The van der Waals surface area contributed by atoms with Gasteiger partial charge in [0, 0.05) is 39.3 Å². The quantitative estimate of drug-likeness (QED) is 0.559. The number of nitrogens with one attached hydrogen (secondary N) is 1. The molecule has 2 heterocycles. The van der Waals surface area contributed by atoms with Crippen molar-refractivity contribution >= 4 is 37.3 Å². The number of benzene rings is 2. The van der Waals surface area contributed by atoms with Crippen LogP contribution in [0.2, 0.25) is 5.02 Å². The molecule has 0 amide bonds. The average molecular weight is 530 g/mol. The maximum absolute atomic E-state index is 13.0. The molecule has 0 bridgehead atoms. The van der Waals surface area contributed by atoms with E-state index < -0.39 is 20.0 Å². The molecule has 2 saturated heterocycles. The number of rotatable bonds is 8. The van der Waals surface area contributed by atoms with Gasteiger partial charge in [-0.05, 0) is 43.2 Å². The molecule has 4 rings (SSSR count). The Bertz CT molecular complexity index is 1220. The van der Waals surface area contributed by atoms with Crippen LogP contribution in [0.5, 0.6) is 5.75 Å². The number of ether oxygens (including phenoxy) is 2. The molecule has 0 unspecified atom stereocenters. The van der Waals surface area contributed by atoms with Crippen LogP contribution in [0.4, 0.5) is 5.69 Å². The summed E-state index contributed by atoms with van der Waals surface area (Å²) < 4.78 is 66.8. The predicted octanol–water partition coefficient (Wildman–Crippen LogP) is 2.32. The second-order valence-electron chi connectivity index (χ2n) is 8.14. The minimum atomic E-state index is -3.74. The van der Waals surface area contributed by atoms with Gasteiger partial charge in [0.1, 0.15) is 10.6 Å². The normalized spacial score (nSPS) is 19.9. The Labute approximate surface area is 205 Å². The molecule has 186 valence electrons. The van der Waals surface area contributed by atoms with E-state index >= 15 is 0 Å². The number of hydrogen-bond donors (Lipinski definition) is 1. The third-order valence-electron chi connectivity index (χ3n) is 6.02. The van der Waals surface area contributed by atoms with Crippen molar-refractivity contribution in [3.8, 4) is 5.75 Å². The van der Waals surface area contributed by atoms with Gasteiger partial charge < -0.3 is 14.4 Å². The topological polar surface area (TPSA) is 105 Å². The SMILES string of the molecule is COc1ccc(S(=O)(=O)NC[C@@H]2CCCO2)cc1N1CCN(S(=O)(=O)c2ccccc2Cl)CC1. The summed E-state index contributed by atoms with van der Waals surface area (Å²) in [5.74, 6) is 0.514.